The Labute approximate surface area is 157 Å². The number of benzene rings is 2. The molecule has 2 aromatic carbocycles. The molecule has 4 nitrogen and oxygen atoms in total. The van der Waals surface area contributed by atoms with Crippen molar-refractivity contribution in [2.24, 2.45) is 0 Å². The van der Waals surface area contributed by atoms with Gasteiger partial charge in [0.1, 0.15) is 17.1 Å². The first-order chi connectivity index (χ1) is 12.7. The Kier molecular flexibility index (Phi) is 4.82. The lowest BCUT2D eigenvalue weighted by atomic mass is 9.97. The third-order valence-corrected chi connectivity index (χ3v) is 4.38. The summed E-state index contributed by atoms with van der Waals surface area (Å²) in [4.78, 5) is 11.6. The van der Waals surface area contributed by atoms with Crippen LogP contribution in [0.15, 0.2) is 48.0 Å². The van der Waals surface area contributed by atoms with Gasteiger partial charge in [0.2, 0.25) is 0 Å². The van der Waals surface area contributed by atoms with Gasteiger partial charge in [0.05, 0.1) is 5.02 Å². The van der Waals surface area contributed by atoms with Gasteiger partial charge in [-0.15, -0.1) is 0 Å². The molecule has 8 heteroatoms. The van der Waals surface area contributed by atoms with E-state index in [-0.39, 0.29) is 22.1 Å². The van der Waals surface area contributed by atoms with E-state index >= 15 is 0 Å². The number of carboxylic acid groups (broad SMARTS) is 1. The van der Waals surface area contributed by atoms with Crippen LogP contribution in [0, 0.1) is 0 Å². The van der Waals surface area contributed by atoms with Crippen molar-refractivity contribution in [2.75, 3.05) is 0 Å². The zero-order valence-electron chi connectivity index (χ0n) is 14.0. The van der Waals surface area contributed by atoms with E-state index in [0.717, 1.165) is 11.6 Å². The van der Waals surface area contributed by atoms with Gasteiger partial charge < -0.3 is 14.6 Å². The molecule has 0 saturated heterocycles. The average molecular weight is 399 g/mol. The lowest BCUT2D eigenvalue weighted by Crippen LogP contribution is -2.59. The van der Waals surface area contributed by atoms with E-state index < -0.39 is 23.5 Å². The minimum Gasteiger partial charge on any atom is -0.478 e. The van der Waals surface area contributed by atoms with E-state index in [9.17, 15) is 23.1 Å². The van der Waals surface area contributed by atoms with E-state index in [1.807, 2.05) is 6.92 Å². The fraction of sp³-hybridized carbons (Fsp3) is 0.211. The van der Waals surface area contributed by atoms with Crippen molar-refractivity contribution in [3.8, 4) is 11.5 Å². The molecule has 1 aliphatic rings. The monoisotopic (exact) mass is 398 g/mol. The summed E-state index contributed by atoms with van der Waals surface area (Å²) in [6.45, 7) is 1.86. The fourth-order valence-electron chi connectivity index (χ4n) is 2.70. The number of aryl methyl sites for hydroxylation is 1. The largest absolute Gasteiger partial charge is 0.478 e. The number of carboxylic acids is 1. The average Bonchev–Trinajstić information content (AvgIpc) is 2.61. The Morgan fingerprint density at radius 1 is 1.26 bits per heavy atom. The van der Waals surface area contributed by atoms with Crippen LogP contribution in [0.4, 0.5) is 13.2 Å². The highest BCUT2D eigenvalue weighted by atomic mass is 35.5. The Hall–Kier alpha value is -2.67. The van der Waals surface area contributed by atoms with Crippen LogP contribution < -0.4 is 9.47 Å². The molecular weight excluding hydrogens is 385 g/mol. The number of carbonyl (C=O) groups is 1. The number of hydrogen-bond donors (Lipinski definition) is 1. The Balaban J connectivity index is 2.17. The number of ether oxygens (including phenoxy) is 2. The smallest absolute Gasteiger partial charge is 0.473 e. The molecule has 0 saturated carbocycles. The molecule has 0 bridgehead atoms. The van der Waals surface area contributed by atoms with Gasteiger partial charge in [0.15, 0.2) is 0 Å². The summed E-state index contributed by atoms with van der Waals surface area (Å²) in [6, 6.07) is 10.0. The molecule has 0 fully saturated rings. The second-order valence-corrected chi connectivity index (χ2v) is 6.24. The maximum atomic E-state index is 14.1. The Morgan fingerprint density at radius 2 is 1.96 bits per heavy atom. The molecule has 0 radical (unpaired) electrons. The summed E-state index contributed by atoms with van der Waals surface area (Å²) in [6.07, 6.45) is -3.69. The van der Waals surface area contributed by atoms with Gasteiger partial charge in [-0.25, -0.2) is 4.79 Å². The number of fused-ring (bicyclic) bond motifs is 1. The zero-order chi connectivity index (χ0) is 19.8. The summed E-state index contributed by atoms with van der Waals surface area (Å²) in [7, 11) is 0. The molecule has 3 rings (SSSR count). The highest BCUT2D eigenvalue weighted by molar-refractivity contribution is 6.32. The predicted molar refractivity (Wildman–Crippen MR) is 92.9 cm³/mol. The Morgan fingerprint density at radius 3 is 2.56 bits per heavy atom. The Bertz CT molecular complexity index is 923. The predicted octanol–water partition coefficient (Wildman–Crippen LogP) is 5.10. The third-order valence-electron chi connectivity index (χ3n) is 4.09. The second-order valence-electron chi connectivity index (χ2n) is 5.84. The van der Waals surface area contributed by atoms with Crippen LogP contribution in [0.3, 0.4) is 0 Å². The minimum atomic E-state index is -5.20. The van der Waals surface area contributed by atoms with Crippen LogP contribution in [-0.4, -0.2) is 23.0 Å². The van der Waals surface area contributed by atoms with E-state index in [1.54, 1.807) is 12.1 Å². The first kappa shape index (κ1) is 19.1. The quantitative estimate of drug-likeness (QED) is 0.778. The minimum absolute atomic E-state index is 0.0785. The first-order valence-corrected chi connectivity index (χ1v) is 8.33. The summed E-state index contributed by atoms with van der Waals surface area (Å²) < 4.78 is 52.5. The lowest BCUT2D eigenvalue weighted by molar-refractivity contribution is -0.304. The number of aliphatic carboxylic acids is 1. The fourth-order valence-corrected chi connectivity index (χ4v) is 2.94. The summed E-state index contributed by atoms with van der Waals surface area (Å²) in [5.74, 6) is -5.84. The number of hydrogen-bond acceptors (Lipinski definition) is 3. The van der Waals surface area contributed by atoms with Gasteiger partial charge in [0, 0.05) is 5.56 Å². The molecule has 0 aliphatic carbocycles. The highest BCUT2D eigenvalue weighted by Gasteiger charge is 2.66. The number of alkyl halides is 3. The lowest BCUT2D eigenvalue weighted by Gasteiger charge is -2.38. The molecule has 1 unspecified atom stereocenters. The normalized spacial score (nSPS) is 18.9. The van der Waals surface area contributed by atoms with Crippen LogP contribution in [0.2, 0.25) is 5.02 Å². The summed E-state index contributed by atoms with van der Waals surface area (Å²) >= 11 is 6.05. The SMILES string of the molecule is CCc1ccc(OC2(C(F)(F)F)Oc3ccccc3C=C2C(=O)O)c(Cl)c1. The van der Waals surface area contributed by atoms with Gasteiger partial charge in [-0.05, 0) is 36.3 Å². The van der Waals surface area contributed by atoms with Crippen molar-refractivity contribution in [3.05, 3.63) is 64.2 Å². The van der Waals surface area contributed by atoms with Crippen LogP contribution in [0.1, 0.15) is 18.1 Å². The zero-order valence-corrected chi connectivity index (χ0v) is 14.8. The molecule has 1 atom stereocenters. The molecule has 2 aromatic rings. The van der Waals surface area contributed by atoms with Crippen LogP contribution >= 0.6 is 11.6 Å². The van der Waals surface area contributed by atoms with Crippen molar-refractivity contribution in [3.63, 3.8) is 0 Å². The van der Waals surface area contributed by atoms with Crippen molar-refractivity contribution in [1.29, 1.82) is 0 Å². The first-order valence-electron chi connectivity index (χ1n) is 7.95. The van der Waals surface area contributed by atoms with Crippen molar-refractivity contribution < 1.29 is 32.5 Å². The maximum Gasteiger partial charge on any atom is 0.473 e. The van der Waals surface area contributed by atoms with Gasteiger partial charge in [-0.2, -0.15) is 13.2 Å². The number of halogens is 4. The number of rotatable bonds is 4. The third kappa shape index (κ3) is 3.35. The van der Waals surface area contributed by atoms with Crippen LogP contribution in [-0.2, 0) is 11.2 Å². The van der Waals surface area contributed by atoms with E-state index in [0.29, 0.717) is 6.42 Å². The molecule has 142 valence electrons. The summed E-state index contributed by atoms with van der Waals surface area (Å²) in [5.41, 5.74) is -0.104. The highest BCUT2D eigenvalue weighted by Crippen LogP contribution is 2.47. The molecule has 0 amide bonds. The van der Waals surface area contributed by atoms with E-state index in [4.69, 9.17) is 21.1 Å². The molecule has 0 aromatic heterocycles. The van der Waals surface area contributed by atoms with Gasteiger partial charge in [-0.3, -0.25) is 0 Å². The van der Waals surface area contributed by atoms with Gasteiger partial charge in [-0.1, -0.05) is 42.8 Å². The standard InChI is InChI=1S/C19H14ClF3O4/c1-2-11-7-8-16(14(20)9-11)27-18(19(21,22)23)13(17(24)25)10-12-5-3-4-6-15(12)26-18/h3-10H,2H2,1H3,(H,24,25). The molecule has 1 N–H and O–H groups in total. The van der Waals surface area contributed by atoms with Gasteiger partial charge in [0.25, 0.3) is 0 Å². The molecule has 1 heterocycles. The molecule has 27 heavy (non-hydrogen) atoms. The van der Waals surface area contributed by atoms with Crippen LogP contribution in [0.25, 0.3) is 6.08 Å². The van der Waals surface area contributed by atoms with Crippen molar-refractivity contribution >= 4 is 23.6 Å². The molecular formula is C19H14ClF3O4. The second kappa shape index (κ2) is 6.81. The molecule has 0 spiro atoms. The molecule has 1 aliphatic heterocycles. The summed E-state index contributed by atoms with van der Waals surface area (Å²) in [5, 5.41) is 9.35. The number of para-hydroxylation sites is 1. The van der Waals surface area contributed by atoms with Crippen LogP contribution in [0.5, 0.6) is 11.5 Å². The topological polar surface area (TPSA) is 55.8 Å². The maximum absolute atomic E-state index is 14.1. The van der Waals surface area contributed by atoms with E-state index in [2.05, 4.69) is 0 Å². The van der Waals surface area contributed by atoms with Gasteiger partial charge >= 0.3 is 17.9 Å². The van der Waals surface area contributed by atoms with Crippen molar-refractivity contribution in [2.45, 2.75) is 25.3 Å². The van der Waals surface area contributed by atoms with Crippen molar-refractivity contribution in [1.82, 2.24) is 0 Å². The van der Waals surface area contributed by atoms with E-state index in [1.165, 1.54) is 30.3 Å².